The molecule has 1 heterocycles. The summed E-state index contributed by atoms with van der Waals surface area (Å²) in [6.07, 6.45) is 5.54. The second-order valence-corrected chi connectivity index (χ2v) is 6.82. The van der Waals surface area contributed by atoms with Crippen LogP contribution in [-0.4, -0.2) is 59.1 Å². The molecule has 0 aromatic heterocycles. The zero-order chi connectivity index (χ0) is 16.1. The van der Waals surface area contributed by atoms with Crippen LogP contribution in [0.1, 0.15) is 37.7 Å². The molecule has 2 fully saturated rings. The Hall–Kier alpha value is -1.39. The van der Waals surface area contributed by atoms with E-state index in [2.05, 4.69) is 17.0 Å². The summed E-state index contributed by atoms with van der Waals surface area (Å²) in [5.41, 5.74) is 1.31. The molecule has 0 spiro atoms. The van der Waals surface area contributed by atoms with Crippen molar-refractivity contribution in [3.63, 3.8) is 0 Å². The highest BCUT2D eigenvalue weighted by Crippen LogP contribution is 2.25. The zero-order valence-corrected chi connectivity index (χ0v) is 13.9. The SMILES string of the molecule is O=C(CCCc1ccccc1)N1CCN([C@H]2CCC[C@@H]2O)CC1. The zero-order valence-electron chi connectivity index (χ0n) is 13.9. The lowest BCUT2D eigenvalue weighted by Gasteiger charge is -2.39. The summed E-state index contributed by atoms with van der Waals surface area (Å²) >= 11 is 0. The van der Waals surface area contributed by atoms with Crippen LogP contribution in [0.3, 0.4) is 0 Å². The van der Waals surface area contributed by atoms with Gasteiger partial charge in [0.15, 0.2) is 0 Å². The molecule has 0 unspecified atom stereocenters. The fourth-order valence-corrected chi connectivity index (χ4v) is 3.90. The van der Waals surface area contributed by atoms with Crippen LogP contribution in [0.25, 0.3) is 0 Å². The van der Waals surface area contributed by atoms with Crippen LogP contribution in [-0.2, 0) is 11.2 Å². The van der Waals surface area contributed by atoms with E-state index in [-0.39, 0.29) is 12.0 Å². The molecule has 4 heteroatoms. The van der Waals surface area contributed by atoms with Gasteiger partial charge in [-0.3, -0.25) is 9.69 Å². The number of hydrogen-bond acceptors (Lipinski definition) is 3. The first-order chi connectivity index (χ1) is 11.2. The van der Waals surface area contributed by atoms with E-state index in [0.717, 1.165) is 58.3 Å². The molecule has 1 saturated carbocycles. The molecule has 126 valence electrons. The monoisotopic (exact) mass is 316 g/mol. The molecule has 1 saturated heterocycles. The summed E-state index contributed by atoms with van der Waals surface area (Å²) in [6.45, 7) is 3.44. The van der Waals surface area contributed by atoms with Gasteiger partial charge in [-0.1, -0.05) is 30.3 Å². The fourth-order valence-electron chi connectivity index (χ4n) is 3.90. The van der Waals surface area contributed by atoms with Crippen molar-refractivity contribution < 1.29 is 9.90 Å². The molecule has 2 atom stereocenters. The Morgan fingerprint density at radius 1 is 1.09 bits per heavy atom. The maximum Gasteiger partial charge on any atom is 0.222 e. The van der Waals surface area contributed by atoms with E-state index < -0.39 is 0 Å². The van der Waals surface area contributed by atoms with Gasteiger partial charge >= 0.3 is 0 Å². The second-order valence-electron chi connectivity index (χ2n) is 6.82. The van der Waals surface area contributed by atoms with Crippen LogP contribution in [0.2, 0.25) is 0 Å². The highest BCUT2D eigenvalue weighted by Gasteiger charge is 2.33. The number of piperazine rings is 1. The lowest BCUT2D eigenvalue weighted by Crippen LogP contribution is -2.53. The molecular weight excluding hydrogens is 288 g/mol. The van der Waals surface area contributed by atoms with Crippen LogP contribution in [0.4, 0.5) is 0 Å². The number of amides is 1. The lowest BCUT2D eigenvalue weighted by atomic mass is 10.1. The van der Waals surface area contributed by atoms with E-state index in [9.17, 15) is 9.90 Å². The quantitative estimate of drug-likeness (QED) is 0.904. The molecule has 1 aromatic rings. The van der Waals surface area contributed by atoms with E-state index in [0.29, 0.717) is 12.5 Å². The van der Waals surface area contributed by atoms with Crippen molar-refractivity contribution in [1.29, 1.82) is 0 Å². The smallest absolute Gasteiger partial charge is 0.222 e. The van der Waals surface area contributed by atoms with Gasteiger partial charge in [-0.2, -0.15) is 0 Å². The Morgan fingerprint density at radius 3 is 2.48 bits per heavy atom. The first-order valence-electron chi connectivity index (χ1n) is 8.98. The number of carbonyl (C=O) groups is 1. The van der Waals surface area contributed by atoms with Crippen molar-refractivity contribution in [2.24, 2.45) is 0 Å². The Kier molecular flexibility index (Phi) is 5.68. The summed E-state index contributed by atoms with van der Waals surface area (Å²) < 4.78 is 0. The van der Waals surface area contributed by atoms with Gasteiger partial charge in [-0.15, -0.1) is 0 Å². The minimum atomic E-state index is -0.164. The number of nitrogens with zero attached hydrogens (tertiary/aromatic N) is 2. The molecular formula is C19H28N2O2. The minimum absolute atomic E-state index is 0.164. The Labute approximate surface area is 139 Å². The first kappa shape index (κ1) is 16.5. The number of aliphatic hydroxyl groups excluding tert-OH is 1. The summed E-state index contributed by atoms with van der Waals surface area (Å²) in [6, 6.07) is 10.7. The lowest BCUT2D eigenvalue weighted by molar-refractivity contribution is -0.133. The summed E-state index contributed by atoms with van der Waals surface area (Å²) in [5, 5.41) is 10.0. The van der Waals surface area contributed by atoms with Gasteiger partial charge in [0, 0.05) is 38.6 Å². The van der Waals surface area contributed by atoms with Crippen molar-refractivity contribution in [1.82, 2.24) is 9.80 Å². The van der Waals surface area contributed by atoms with Gasteiger partial charge in [0.05, 0.1) is 6.10 Å². The predicted octanol–water partition coefficient (Wildman–Crippen LogP) is 2.07. The Balaban J connectivity index is 1.38. The average Bonchev–Trinajstić information content (AvgIpc) is 3.02. The predicted molar refractivity (Wildman–Crippen MR) is 91.2 cm³/mol. The van der Waals surface area contributed by atoms with Gasteiger partial charge in [-0.05, 0) is 37.7 Å². The molecule has 4 nitrogen and oxygen atoms in total. The topological polar surface area (TPSA) is 43.8 Å². The van der Waals surface area contributed by atoms with Crippen molar-refractivity contribution in [3.8, 4) is 0 Å². The molecule has 3 rings (SSSR count). The van der Waals surface area contributed by atoms with Gasteiger partial charge in [0.25, 0.3) is 0 Å². The van der Waals surface area contributed by atoms with Crippen LogP contribution in [0.5, 0.6) is 0 Å². The Morgan fingerprint density at radius 2 is 1.83 bits per heavy atom. The van der Waals surface area contributed by atoms with Gasteiger partial charge < -0.3 is 10.0 Å². The van der Waals surface area contributed by atoms with Crippen LogP contribution in [0, 0.1) is 0 Å². The molecule has 23 heavy (non-hydrogen) atoms. The van der Waals surface area contributed by atoms with Crippen LogP contribution >= 0.6 is 0 Å². The number of aryl methyl sites for hydroxylation is 1. The maximum absolute atomic E-state index is 12.3. The van der Waals surface area contributed by atoms with E-state index in [1.54, 1.807) is 0 Å². The van der Waals surface area contributed by atoms with E-state index in [1.807, 2.05) is 23.1 Å². The van der Waals surface area contributed by atoms with Crippen molar-refractivity contribution >= 4 is 5.91 Å². The van der Waals surface area contributed by atoms with Crippen molar-refractivity contribution in [3.05, 3.63) is 35.9 Å². The highest BCUT2D eigenvalue weighted by molar-refractivity contribution is 5.76. The van der Waals surface area contributed by atoms with E-state index in [4.69, 9.17) is 0 Å². The van der Waals surface area contributed by atoms with Crippen LogP contribution < -0.4 is 0 Å². The van der Waals surface area contributed by atoms with Gasteiger partial charge in [-0.25, -0.2) is 0 Å². The number of rotatable bonds is 5. The number of hydrogen-bond donors (Lipinski definition) is 1. The van der Waals surface area contributed by atoms with Crippen LogP contribution in [0.15, 0.2) is 30.3 Å². The molecule has 1 aliphatic carbocycles. The number of benzene rings is 1. The molecule has 0 radical (unpaired) electrons. The average molecular weight is 316 g/mol. The Bertz CT molecular complexity index is 497. The minimum Gasteiger partial charge on any atom is -0.391 e. The largest absolute Gasteiger partial charge is 0.391 e. The normalized spacial score (nSPS) is 25.7. The highest BCUT2D eigenvalue weighted by atomic mass is 16.3. The number of carbonyl (C=O) groups excluding carboxylic acids is 1. The van der Waals surface area contributed by atoms with Gasteiger partial charge in [0.2, 0.25) is 5.91 Å². The second kappa shape index (κ2) is 7.93. The fraction of sp³-hybridized carbons (Fsp3) is 0.632. The third-order valence-electron chi connectivity index (χ3n) is 5.28. The van der Waals surface area contributed by atoms with E-state index >= 15 is 0 Å². The summed E-state index contributed by atoms with van der Waals surface area (Å²) in [4.78, 5) is 16.7. The summed E-state index contributed by atoms with van der Waals surface area (Å²) in [7, 11) is 0. The molecule has 1 N–H and O–H groups in total. The summed E-state index contributed by atoms with van der Waals surface area (Å²) in [5.74, 6) is 0.285. The van der Waals surface area contributed by atoms with Crippen molar-refractivity contribution in [2.75, 3.05) is 26.2 Å². The third-order valence-corrected chi connectivity index (χ3v) is 5.28. The molecule has 1 aliphatic heterocycles. The van der Waals surface area contributed by atoms with Crippen molar-refractivity contribution in [2.45, 2.75) is 50.7 Å². The molecule has 1 amide bonds. The van der Waals surface area contributed by atoms with E-state index in [1.165, 1.54) is 5.56 Å². The molecule has 0 bridgehead atoms. The maximum atomic E-state index is 12.3. The first-order valence-corrected chi connectivity index (χ1v) is 8.98. The molecule has 2 aliphatic rings. The third kappa shape index (κ3) is 4.33. The molecule has 1 aromatic carbocycles. The standard InChI is InChI=1S/C19H28N2O2/c22-18-10-5-9-17(18)20-12-14-21(15-13-20)19(23)11-4-8-16-6-2-1-3-7-16/h1-3,6-7,17-18,22H,4-5,8-15H2/t17-,18-/m0/s1. The van der Waals surface area contributed by atoms with Gasteiger partial charge in [0.1, 0.15) is 0 Å². The number of aliphatic hydroxyl groups is 1.